The number of aliphatic hydroxyl groups excluding tert-OH is 1. The highest BCUT2D eigenvalue weighted by atomic mass is 16.3. The van der Waals surface area contributed by atoms with Gasteiger partial charge in [-0.2, -0.15) is 0 Å². The molecule has 1 aromatic heterocycles. The van der Waals surface area contributed by atoms with E-state index in [0.29, 0.717) is 5.69 Å². The molecule has 0 amide bonds. The van der Waals surface area contributed by atoms with Gasteiger partial charge in [-0.05, 0) is 11.6 Å². The van der Waals surface area contributed by atoms with Crippen molar-refractivity contribution < 1.29 is 5.11 Å². The molecule has 76 valence electrons. The monoisotopic (exact) mass is 201 g/mol. The van der Waals surface area contributed by atoms with Crippen molar-refractivity contribution in [2.24, 2.45) is 0 Å². The summed E-state index contributed by atoms with van der Waals surface area (Å²) in [5.74, 6) is 0. The van der Waals surface area contributed by atoms with Gasteiger partial charge in [0, 0.05) is 6.07 Å². The van der Waals surface area contributed by atoms with Crippen LogP contribution in [0.5, 0.6) is 0 Å². The second kappa shape index (κ2) is 4.11. The number of rotatable bonds is 2. The average Bonchev–Trinajstić information content (AvgIpc) is 2.29. The molecule has 1 atom stereocenters. The maximum absolute atomic E-state index is 11.1. The molecule has 3 nitrogen and oxygen atoms in total. The number of aromatic amines is 1. The van der Waals surface area contributed by atoms with E-state index in [1.165, 1.54) is 6.07 Å². The Kier molecular flexibility index (Phi) is 2.65. The van der Waals surface area contributed by atoms with Crippen LogP contribution in [0.3, 0.4) is 0 Å². The summed E-state index contributed by atoms with van der Waals surface area (Å²) in [7, 11) is 0. The molecule has 0 saturated carbocycles. The standard InChI is InChI=1S/C12H11NO2/c14-11-8-4-7-10(13-11)12(15)9-5-2-1-3-6-9/h1-8,12,15H,(H,13,14)/t12-/m0/s1. The predicted octanol–water partition coefficient (Wildman–Crippen LogP) is 1.46. The smallest absolute Gasteiger partial charge is 0.248 e. The Morgan fingerprint density at radius 1 is 1.00 bits per heavy atom. The van der Waals surface area contributed by atoms with Crippen LogP contribution in [0.1, 0.15) is 17.4 Å². The fraction of sp³-hybridized carbons (Fsp3) is 0.0833. The Balaban J connectivity index is 2.37. The molecule has 0 radical (unpaired) electrons. The molecule has 0 bridgehead atoms. The van der Waals surface area contributed by atoms with Crippen molar-refractivity contribution in [3.8, 4) is 0 Å². The molecule has 1 aromatic carbocycles. The maximum atomic E-state index is 11.1. The first-order valence-electron chi connectivity index (χ1n) is 4.69. The van der Waals surface area contributed by atoms with Gasteiger partial charge < -0.3 is 10.1 Å². The Morgan fingerprint density at radius 2 is 1.73 bits per heavy atom. The molecular formula is C12H11NO2. The number of H-pyrrole nitrogens is 1. The number of aliphatic hydroxyl groups is 1. The van der Waals surface area contributed by atoms with Gasteiger partial charge >= 0.3 is 0 Å². The number of hydrogen-bond donors (Lipinski definition) is 2. The van der Waals surface area contributed by atoms with E-state index in [0.717, 1.165) is 5.56 Å². The third-order valence-electron chi connectivity index (χ3n) is 2.20. The fourth-order valence-corrected chi connectivity index (χ4v) is 1.44. The summed E-state index contributed by atoms with van der Waals surface area (Å²) in [6, 6.07) is 13.9. The number of pyridine rings is 1. The van der Waals surface area contributed by atoms with Crippen molar-refractivity contribution in [1.29, 1.82) is 0 Å². The maximum Gasteiger partial charge on any atom is 0.248 e. The second-order valence-corrected chi connectivity index (χ2v) is 3.28. The van der Waals surface area contributed by atoms with Crippen LogP contribution >= 0.6 is 0 Å². The molecular weight excluding hydrogens is 190 g/mol. The van der Waals surface area contributed by atoms with E-state index in [1.807, 2.05) is 30.3 Å². The predicted molar refractivity (Wildman–Crippen MR) is 57.6 cm³/mol. The number of aromatic nitrogens is 1. The molecule has 2 aromatic rings. The highest BCUT2D eigenvalue weighted by Gasteiger charge is 2.09. The average molecular weight is 201 g/mol. The fourth-order valence-electron chi connectivity index (χ4n) is 1.44. The minimum atomic E-state index is -0.778. The molecule has 1 heterocycles. The molecule has 0 aliphatic carbocycles. The summed E-state index contributed by atoms with van der Waals surface area (Å²) in [6.45, 7) is 0. The van der Waals surface area contributed by atoms with Gasteiger partial charge in [0.2, 0.25) is 5.56 Å². The zero-order valence-electron chi connectivity index (χ0n) is 8.05. The van der Waals surface area contributed by atoms with E-state index >= 15 is 0 Å². The van der Waals surface area contributed by atoms with Crippen molar-refractivity contribution in [3.05, 3.63) is 70.1 Å². The Hall–Kier alpha value is -1.87. The lowest BCUT2D eigenvalue weighted by Gasteiger charge is -2.10. The van der Waals surface area contributed by atoms with Gasteiger partial charge in [0.05, 0.1) is 5.69 Å². The third kappa shape index (κ3) is 2.14. The van der Waals surface area contributed by atoms with Crippen LogP contribution in [-0.4, -0.2) is 10.1 Å². The summed E-state index contributed by atoms with van der Waals surface area (Å²) < 4.78 is 0. The minimum absolute atomic E-state index is 0.206. The van der Waals surface area contributed by atoms with Crippen LogP contribution < -0.4 is 5.56 Å². The Morgan fingerprint density at radius 3 is 2.40 bits per heavy atom. The van der Waals surface area contributed by atoms with Crippen LogP contribution in [0.25, 0.3) is 0 Å². The Labute approximate surface area is 87.0 Å². The first-order chi connectivity index (χ1) is 7.27. The van der Waals surface area contributed by atoms with E-state index in [-0.39, 0.29) is 5.56 Å². The van der Waals surface area contributed by atoms with Crippen molar-refractivity contribution in [3.63, 3.8) is 0 Å². The van der Waals surface area contributed by atoms with E-state index in [1.54, 1.807) is 12.1 Å². The lowest BCUT2D eigenvalue weighted by molar-refractivity contribution is 0.215. The molecule has 2 rings (SSSR count). The molecule has 3 heteroatoms. The molecule has 0 aliphatic rings. The minimum Gasteiger partial charge on any atom is -0.382 e. The molecule has 15 heavy (non-hydrogen) atoms. The zero-order valence-corrected chi connectivity index (χ0v) is 8.05. The topological polar surface area (TPSA) is 53.1 Å². The van der Waals surface area contributed by atoms with Gasteiger partial charge in [0.15, 0.2) is 0 Å². The summed E-state index contributed by atoms with van der Waals surface area (Å²) in [5.41, 5.74) is 1.07. The van der Waals surface area contributed by atoms with Crippen LogP contribution in [0.15, 0.2) is 53.3 Å². The molecule has 0 unspecified atom stereocenters. The summed E-state index contributed by atoms with van der Waals surface area (Å²) >= 11 is 0. The van der Waals surface area contributed by atoms with Crippen molar-refractivity contribution in [2.75, 3.05) is 0 Å². The molecule has 0 aliphatic heterocycles. The van der Waals surface area contributed by atoms with Crippen LogP contribution in [-0.2, 0) is 0 Å². The third-order valence-corrected chi connectivity index (χ3v) is 2.20. The zero-order chi connectivity index (χ0) is 10.7. The quantitative estimate of drug-likeness (QED) is 0.772. The van der Waals surface area contributed by atoms with E-state index in [4.69, 9.17) is 0 Å². The normalized spacial score (nSPS) is 12.3. The lowest BCUT2D eigenvalue weighted by Crippen LogP contribution is -2.10. The van der Waals surface area contributed by atoms with Crippen LogP contribution in [0.2, 0.25) is 0 Å². The SMILES string of the molecule is O=c1cccc([C@@H](O)c2ccccc2)[nH]1. The molecule has 0 fully saturated rings. The van der Waals surface area contributed by atoms with Gasteiger partial charge in [0.1, 0.15) is 6.10 Å². The van der Waals surface area contributed by atoms with Crippen LogP contribution in [0.4, 0.5) is 0 Å². The lowest BCUT2D eigenvalue weighted by atomic mass is 10.1. The Bertz CT molecular complexity index is 490. The van der Waals surface area contributed by atoms with Crippen molar-refractivity contribution >= 4 is 0 Å². The first kappa shape index (κ1) is 9.68. The van der Waals surface area contributed by atoms with Gasteiger partial charge in [-0.3, -0.25) is 4.79 Å². The highest BCUT2D eigenvalue weighted by Crippen LogP contribution is 2.18. The largest absolute Gasteiger partial charge is 0.382 e. The molecule has 0 spiro atoms. The molecule has 0 saturated heterocycles. The number of hydrogen-bond acceptors (Lipinski definition) is 2. The van der Waals surface area contributed by atoms with Gasteiger partial charge in [-0.25, -0.2) is 0 Å². The second-order valence-electron chi connectivity index (χ2n) is 3.28. The van der Waals surface area contributed by atoms with E-state index in [9.17, 15) is 9.90 Å². The molecule has 2 N–H and O–H groups in total. The van der Waals surface area contributed by atoms with E-state index < -0.39 is 6.10 Å². The van der Waals surface area contributed by atoms with Crippen LogP contribution in [0, 0.1) is 0 Å². The highest BCUT2D eigenvalue weighted by molar-refractivity contribution is 5.25. The van der Waals surface area contributed by atoms with Crippen molar-refractivity contribution in [2.45, 2.75) is 6.10 Å². The van der Waals surface area contributed by atoms with Gasteiger partial charge in [0.25, 0.3) is 0 Å². The van der Waals surface area contributed by atoms with Crippen molar-refractivity contribution in [1.82, 2.24) is 4.98 Å². The van der Waals surface area contributed by atoms with E-state index in [2.05, 4.69) is 4.98 Å². The number of benzene rings is 1. The van der Waals surface area contributed by atoms with Gasteiger partial charge in [-0.1, -0.05) is 36.4 Å². The van der Waals surface area contributed by atoms with Gasteiger partial charge in [-0.15, -0.1) is 0 Å². The summed E-state index contributed by atoms with van der Waals surface area (Å²) in [6.07, 6.45) is -0.778. The number of nitrogens with one attached hydrogen (secondary N) is 1. The summed E-state index contributed by atoms with van der Waals surface area (Å²) in [5, 5.41) is 9.95. The summed E-state index contributed by atoms with van der Waals surface area (Å²) in [4.78, 5) is 13.7. The first-order valence-corrected chi connectivity index (χ1v) is 4.69.